The largest absolute Gasteiger partial charge is 0.460 e. The van der Waals surface area contributed by atoms with E-state index in [9.17, 15) is 14.4 Å². The van der Waals surface area contributed by atoms with Crippen molar-refractivity contribution in [2.24, 2.45) is 17.8 Å². The van der Waals surface area contributed by atoms with Crippen molar-refractivity contribution >= 4 is 17.8 Å². The topological polar surface area (TPSA) is 81.7 Å². The van der Waals surface area contributed by atoms with Crippen molar-refractivity contribution in [1.82, 2.24) is 5.32 Å². The number of aryl methyl sites for hydroxylation is 1. The summed E-state index contributed by atoms with van der Waals surface area (Å²) in [6, 6.07) is 7.01. The minimum Gasteiger partial charge on any atom is -0.460 e. The van der Waals surface area contributed by atoms with Crippen molar-refractivity contribution in [3.63, 3.8) is 0 Å². The summed E-state index contributed by atoms with van der Waals surface area (Å²) in [5.41, 5.74) is 1.51. The Kier molecular flexibility index (Phi) is 8.03. The molecule has 2 rings (SSSR count). The van der Waals surface area contributed by atoms with Crippen LogP contribution in [-0.4, -0.2) is 37.1 Å². The SMILES string of the molecule is Cc1ccc(C(=O)NCC(=O)OCC(=O)O[C@@H]2C[C@@H](C)CC[C@@H]2C(C)C)cc1. The highest BCUT2D eigenvalue weighted by Gasteiger charge is 2.33. The van der Waals surface area contributed by atoms with E-state index in [0.717, 1.165) is 24.8 Å². The van der Waals surface area contributed by atoms with E-state index in [0.29, 0.717) is 23.3 Å². The molecule has 0 aliphatic heterocycles. The van der Waals surface area contributed by atoms with Crippen molar-refractivity contribution in [1.29, 1.82) is 0 Å². The van der Waals surface area contributed by atoms with Gasteiger partial charge in [-0.15, -0.1) is 0 Å². The van der Waals surface area contributed by atoms with Gasteiger partial charge in [-0.1, -0.05) is 44.9 Å². The molecule has 1 aromatic carbocycles. The van der Waals surface area contributed by atoms with Crippen LogP contribution >= 0.6 is 0 Å². The Balaban J connectivity index is 1.73. The van der Waals surface area contributed by atoms with Gasteiger partial charge in [-0.25, -0.2) is 4.79 Å². The van der Waals surface area contributed by atoms with Gasteiger partial charge in [0.05, 0.1) is 0 Å². The van der Waals surface area contributed by atoms with E-state index in [1.165, 1.54) is 0 Å². The third-order valence-corrected chi connectivity index (χ3v) is 5.30. The average Bonchev–Trinajstić information content (AvgIpc) is 2.64. The molecule has 1 aliphatic rings. The lowest BCUT2D eigenvalue weighted by Crippen LogP contribution is -2.37. The second-order valence-electron chi connectivity index (χ2n) is 8.06. The first-order valence-corrected chi connectivity index (χ1v) is 9.96. The molecule has 6 nitrogen and oxygen atoms in total. The van der Waals surface area contributed by atoms with E-state index < -0.39 is 18.5 Å². The van der Waals surface area contributed by atoms with Crippen LogP contribution in [-0.2, 0) is 19.1 Å². The molecule has 1 aromatic rings. The maximum Gasteiger partial charge on any atom is 0.344 e. The lowest BCUT2D eigenvalue weighted by molar-refractivity contribution is -0.166. The van der Waals surface area contributed by atoms with Gasteiger partial charge in [-0.05, 0) is 49.7 Å². The highest BCUT2D eigenvalue weighted by atomic mass is 16.6. The van der Waals surface area contributed by atoms with E-state index in [4.69, 9.17) is 9.47 Å². The number of carbonyl (C=O) groups is 3. The second-order valence-corrected chi connectivity index (χ2v) is 8.06. The van der Waals surface area contributed by atoms with Gasteiger partial charge in [0.1, 0.15) is 12.6 Å². The van der Waals surface area contributed by atoms with Crippen LogP contribution in [0.25, 0.3) is 0 Å². The number of esters is 2. The van der Waals surface area contributed by atoms with Crippen LogP contribution in [0.4, 0.5) is 0 Å². The highest BCUT2D eigenvalue weighted by molar-refractivity contribution is 5.96. The molecule has 0 saturated heterocycles. The molecular formula is C22H31NO5. The summed E-state index contributed by atoms with van der Waals surface area (Å²) in [6.45, 7) is 7.63. The van der Waals surface area contributed by atoms with Gasteiger partial charge in [0.15, 0.2) is 6.61 Å². The number of rotatable bonds is 7. The fourth-order valence-corrected chi connectivity index (χ4v) is 3.60. The minimum atomic E-state index is -0.671. The molecule has 0 spiro atoms. The normalized spacial score (nSPS) is 21.8. The summed E-state index contributed by atoms with van der Waals surface area (Å²) < 4.78 is 10.5. The number of ether oxygens (including phenoxy) is 2. The van der Waals surface area contributed by atoms with E-state index in [-0.39, 0.29) is 18.6 Å². The molecule has 0 bridgehead atoms. The maximum atomic E-state index is 12.1. The summed E-state index contributed by atoms with van der Waals surface area (Å²) in [4.78, 5) is 35.9. The van der Waals surface area contributed by atoms with Crippen molar-refractivity contribution in [2.45, 2.75) is 53.1 Å². The van der Waals surface area contributed by atoms with E-state index in [1.807, 2.05) is 19.1 Å². The van der Waals surface area contributed by atoms with Crippen LogP contribution < -0.4 is 5.32 Å². The van der Waals surface area contributed by atoms with Gasteiger partial charge in [-0.2, -0.15) is 0 Å². The van der Waals surface area contributed by atoms with Crippen LogP contribution in [0.3, 0.4) is 0 Å². The number of hydrogen-bond donors (Lipinski definition) is 1. The monoisotopic (exact) mass is 389 g/mol. The second kappa shape index (κ2) is 10.2. The summed E-state index contributed by atoms with van der Waals surface area (Å²) >= 11 is 0. The Morgan fingerprint density at radius 3 is 2.43 bits per heavy atom. The standard InChI is InChI=1S/C22H31NO5/c1-14(2)18-10-7-16(4)11-19(18)28-21(25)13-27-20(24)12-23-22(26)17-8-5-15(3)6-9-17/h5-6,8-9,14,16,18-19H,7,10-13H2,1-4H3,(H,23,26)/t16-,18+,19+/m0/s1. The van der Waals surface area contributed by atoms with Crippen LogP contribution in [0.2, 0.25) is 0 Å². The first kappa shape index (κ1) is 21.9. The van der Waals surface area contributed by atoms with E-state index >= 15 is 0 Å². The summed E-state index contributed by atoms with van der Waals surface area (Å²) in [5, 5.41) is 2.49. The molecule has 154 valence electrons. The maximum absolute atomic E-state index is 12.1. The van der Waals surface area contributed by atoms with Gasteiger partial charge in [0, 0.05) is 5.56 Å². The van der Waals surface area contributed by atoms with Crippen LogP contribution in [0, 0.1) is 24.7 Å². The lowest BCUT2D eigenvalue weighted by Gasteiger charge is -2.36. The van der Waals surface area contributed by atoms with E-state index in [2.05, 4.69) is 26.1 Å². The smallest absolute Gasteiger partial charge is 0.344 e. The third kappa shape index (κ3) is 6.66. The van der Waals surface area contributed by atoms with Crippen LogP contribution in [0.1, 0.15) is 56.0 Å². The van der Waals surface area contributed by atoms with Gasteiger partial charge in [0.25, 0.3) is 5.91 Å². The molecule has 3 atom stereocenters. The molecule has 0 radical (unpaired) electrons. The number of nitrogens with one attached hydrogen (secondary N) is 1. The highest BCUT2D eigenvalue weighted by Crippen LogP contribution is 2.35. The number of amides is 1. The fourth-order valence-electron chi connectivity index (χ4n) is 3.60. The third-order valence-electron chi connectivity index (χ3n) is 5.30. The van der Waals surface area contributed by atoms with Gasteiger partial charge >= 0.3 is 11.9 Å². The Morgan fingerprint density at radius 1 is 1.11 bits per heavy atom. The van der Waals surface area contributed by atoms with Crippen molar-refractivity contribution in [3.05, 3.63) is 35.4 Å². The van der Waals surface area contributed by atoms with Crippen molar-refractivity contribution in [2.75, 3.05) is 13.2 Å². The molecule has 28 heavy (non-hydrogen) atoms. The molecule has 0 unspecified atom stereocenters. The number of benzene rings is 1. The summed E-state index contributed by atoms with van der Waals surface area (Å²) in [6.07, 6.45) is 2.90. The first-order chi connectivity index (χ1) is 13.3. The minimum absolute atomic E-state index is 0.129. The molecule has 0 aromatic heterocycles. The van der Waals surface area contributed by atoms with Gasteiger partial charge < -0.3 is 14.8 Å². The predicted molar refractivity (Wildman–Crippen MR) is 106 cm³/mol. The molecule has 1 N–H and O–H groups in total. The van der Waals surface area contributed by atoms with Crippen LogP contribution in [0.15, 0.2) is 24.3 Å². The molecule has 1 fully saturated rings. The fraction of sp³-hybridized carbons (Fsp3) is 0.591. The lowest BCUT2D eigenvalue weighted by atomic mass is 9.75. The Bertz CT molecular complexity index is 683. The molecule has 6 heteroatoms. The number of carbonyl (C=O) groups excluding carboxylic acids is 3. The zero-order chi connectivity index (χ0) is 20.7. The van der Waals surface area contributed by atoms with Crippen molar-refractivity contribution < 1.29 is 23.9 Å². The Labute approximate surface area is 167 Å². The molecule has 1 amide bonds. The zero-order valence-corrected chi connectivity index (χ0v) is 17.2. The van der Waals surface area contributed by atoms with Gasteiger partial charge in [0.2, 0.25) is 0 Å². The Morgan fingerprint density at radius 2 is 1.79 bits per heavy atom. The van der Waals surface area contributed by atoms with E-state index in [1.54, 1.807) is 12.1 Å². The first-order valence-electron chi connectivity index (χ1n) is 9.96. The summed E-state index contributed by atoms with van der Waals surface area (Å²) in [7, 11) is 0. The van der Waals surface area contributed by atoms with Crippen molar-refractivity contribution in [3.8, 4) is 0 Å². The summed E-state index contributed by atoms with van der Waals surface area (Å²) in [5.74, 6) is -0.282. The Hall–Kier alpha value is -2.37. The van der Waals surface area contributed by atoms with Crippen LogP contribution in [0.5, 0.6) is 0 Å². The predicted octanol–water partition coefficient (Wildman–Crippen LogP) is 3.27. The zero-order valence-electron chi connectivity index (χ0n) is 17.2. The quantitative estimate of drug-likeness (QED) is 0.724. The molecule has 1 saturated carbocycles. The molecular weight excluding hydrogens is 358 g/mol. The van der Waals surface area contributed by atoms with Gasteiger partial charge in [-0.3, -0.25) is 9.59 Å². The molecule has 1 aliphatic carbocycles. The average molecular weight is 389 g/mol. The molecule has 0 heterocycles. The number of hydrogen-bond acceptors (Lipinski definition) is 5.